The largest absolute Gasteiger partial charge is 0.363 e. The minimum atomic E-state index is 0.178. The molecule has 0 bridgehead atoms. The predicted octanol–water partition coefficient (Wildman–Crippen LogP) is 6.32. The molecular formula is C20H42B2N2. The molecule has 4 heteroatoms. The molecule has 2 nitrogen and oxygen atoms in total. The van der Waals surface area contributed by atoms with Crippen LogP contribution in [0.2, 0.25) is 25.3 Å². The maximum Gasteiger partial charge on any atom is 0.272 e. The second kappa shape index (κ2) is 7.89. The maximum atomic E-state index is 2.79. The second-order valence-corrected chi connectivity index (χ2v) is 9.72. The lowest BCUT2D eigenvalue weighted by Gasteiger charge is -2.48. The minimum Gasteiger partial charge on any atom is -0.363 e. The van der Waals surface area contributed by atoms with Crippen molar-refractivity contribution in [3.8, 4) is 0 Å². The predicted molar refractivity (Wildman–Crippen MR) is 113 cm³/mol. The molecular weight excluding hydrogens is 290 g/mol. The summed E-state index contributed by atoms with van der Waals surface area (Å²) in [5.74, 6) is 0. The van der Waals surface area contributed by atoms with Crippen LogP contribution in [0.3, 0.4) is 0 Å². The summed E-state index contributed by atoms with van der Waals surface area (Å²) in [5, 5.41) is 0. The molecule has 0 radical (unpaired) electrons. The Hall–Kier alpha value is -0.370. The van der Waals surface area contributed by atoms with E-state index in [1.165, 1.54) is 25.3 Å². The molecule has 1 heterocycles. The van der Waals surface area contributed by atoms with E-state index in [4.69, 9.17) is 0 Å². The van der Waals surface area contributed by atoms with E-state index in [1.54, 1.807) is 11.3 Å². The zero-order chi connectivity index (χ0) is 18.9. The Labute approximate surface area is 153 Å². The van der Waals surface area contributed by atoms with Gasteiger partial charge in [0.1, 0.15) is 0 Å². The van der Waals surface area contributed by atoms with Gasteiger partial charge in [-0.25, -0.2) is 0 Å². The molecule has 0 spiro atoms. The standard InChI is InChI=1S/C20H42B2N2/c1-12-21(13-2)23-17(19(6,7)8)16(5)18(20(9,10)11)24(23)22(14-3)15-4/h17H,12-15H2,1-11H3. The van der Waals surface area contributed by atoms with Crippen molar-refractivity contribution >= 4 is 13.7 Å². The SMILES string of the molecule is CCB(CC)N1C(C(C)(C)C)=C(C)C(C(C)(C)C)N1B(CC)CC. The first-order chi connectivity index (χ1) is 10.9. The molecule has 0 aliphatic carbocycles. The van der Waals surface area contributed by atoms with Crippen LogP contribution in [0.1, 0.15) is 76.2 Å². The zero-order valence-electron chi connectivity index (χ0n) is 18.5. The summed E-state index contributed by atoms with van der Waals surface area (Å²) < 4.78 is 0. The molecule has 1 rings (SSSR count). The first kappa shape index (κ1) is 21.7. The lowest BCUT2D eigenvalue weighted by atomic mass is 9.51. The normalized spacial score (nSPS) is 20.1. The molecule has 1 unspecified atom stereocenters. The summed E-state index contributed by atoms with van der Waals surface area (Å²) in [6.07, 6.45) is 4.84. The fraction of sp³-hybridized carbons (Fsp3) is 0.900. The Bertz CT molecular complexity index is 438. The van der Waals surface area contributed by atoms with Crippen molar-refractivity contribution in [3.05, 3.63) is 11.3 Å². The van der Waals surface area contributed by atoms with E-state index in [2.05, 4.69) is 86.0 Å². The van der Waals surface area contributed by atoms with Crippen molar-refractivity contribution in [2.75, 3.05) is 0 Å². The Morgan fingerprint density at radius 1 is 0.792 bits per heavy atom. The fourth-order valence-corrected chi connectivity index (χ4v) is 4.79. The average molecular weight is 332 g/mol. The van der Waals surface area contributed by atoms with Gasteiger partial charge in [0.15, 0.2) is 0 Å². The molecule has 138 valence electrons. The van der Waals surface area contributed by atoms with Gasteiger partial charge in [-0.2, -0.15) is 0 Å². The van der Waals surface area contributed by atoms with Crippen molar-refractivity contribution in [1.29, 1.82) is 0 Å². The highest BCUT2D eigenvalue weighted by molar-refractivity contribution is 6.60. The van der Waals surface area contributed by atoms with Crippen LogP contribution in [-0.4, -0.2) is 29.6 Å². The van der Waals surface area contributed by atoms with Gasteiger partial charge in [0.2, 0.25) is 6.85 Å². The fourth-order valence-electron chi connectivity index (χ4n) is 4.79. The third-order valence-electron chi connectivity index (χ3n) is 5.66. The average Bonchev–Trinajstić information content (AvgIpc) is 2.75. The van der Waals surface area contributed by atoms with Crippen molar-refractivity contribution < 1.29 is 0 Å². The number of nitrogens with zero attached hydrogens (tertiary/aromatic N) is 2. The third kappa shape index (κ3) is 4.06. The lowest BCUT2D eigenvalue weighted by molar-refractivity contribution is 0.102. The van der Waals surface area contributed by atoms with Crippen molar-refractivity contribution in [2.24, 2.45) is 10.8 Å². The monoisotopic (exact) mass is 332 g/mol. The topological polar surface area (TPSA) is 6.48 Å². The van der Waals surface area contributed by atoms with Gasteiger partial charge in [-0.3, -0.25) is 4.92 Å². The van der Waals surface area contributed by atoms with Gasteiger partial charge in [-0.15, -0.1) is 0 Å². The van der Waals surface area contributed by atoms with E-state index in [9.17, 15) is 0 Å². The lowest BCUT2D eigenvalue weighted by Crippen LogP contribution is -2.59. The summed E-state index contributed by atoms with van der Waals surface area (Å²) in [5.41, 5.74) is 3.58. The van der Waals surface area contributed by atoms with Crippen LogP contribution >= 0.6 is 0 Å². The molecule has 1 aliphatic heterocycles. The quantitative estimate of drug-likeness (QED) is 0.525. The summed E-state index contributed by atoms with van der Waals surface area (Å²) in [7, 11) is 0. The van der Waals surface area contributed by atoms with E-state index in [0.29, 0.717) is 19.7 Å². The van der Waals surface area contributed by atoms with Gasteiger partial charge < -0.3 is 4.92 Å². The van der Waals surface area contributed by atoms with E-state index in [1.807, 2.05) is 0 Å². The smallest absolute Gasteiger partial charge is 0.272 e. The number of hydrogen-bond acceptors (Lipinski definition) is 2. The number of allylic oxidation sites excluding steroid dienone is 1. The zero-order valence-corrected chi connectivity index (χ0v) is 18.5. The van der Waals surface area contributed by atoms with E-state index >= 15 is 0 Å². The highest BCUT2D eigenvalue weighted by Crippen LogP contribution is 2.47. The van der Waals surface area contributed by atoms with Crippen LogP contribution in [0, 0.1) is 10.8 Å². The molecule has 0 fully saturated rings. The first-order valence-corrected chi connectivity index (χ1v) is 10.2. The van der Waals surface area contributed by atoms with Gasteiger partial charge in [0.25, 0.3) is 6.85 Å². The second-order valence-electron chi connectivity index (χ2n) is 9.72. The summed E-state index contributed by atoms with van der Waals surface area (Å²) in [6, 6.07) is 0.497. The maximum absolute atomic E-state index is 2.79. The van der Waals surface area contributed by atoms with E-state index in [0.717, 1.165) is 0 Å². The molecule has 0 aromatic rings. The number of rotatable bonds is 6. The van der Waals surface area contributed by atoms with Crippen molar-refractivity contribution in [3.63, 3.8) is 0 Å². The van der Waals surface area contributed by atoms with Gasteiger partial charge >= 0.3 is 0 Å². The van der Waals surface area contributed by atoms with E-state index in [-0.39, 0.29) is 10.8 Å². The van der Waals surface area contributed by atoms with Gasteiger partial charge in [-0.05, 0) is 17.9 Å². The highest BCUT2D eigenvalue weighted by atomic mass is 15.6. The Morgan fingerprint density at radius 2 is 1.21 bits per heavy atom. The Kier molecular flexibility index (Phi) is 7.13. The van der Waals surface area contributed by atoms with Gasteiger partial charge in [0, 0.05) is 17.2 Å². The third-order valence-corrected chi connectivity index (χ3v) is 5.66. The van der Waals surface area contributed by atoms with Gasteiger partial charge in [0.05, 0.1) is 0 Å². The molecule has 0 aromatic heterocycles. The molecule has 0 saturated heterocycles. The molecule has 1 aliphatic rings. The molecule has 1 atom stereocenters. The van der Waals surface area contributed by atoms with Crippen LogP contribution in [0.4, 0.5) is 0 Å². The van der Waals surface area contributed by atoms with Crippen molar-refractivity contribution in [1.82, 2.24) is 9.84 Å². The molecule has 0 N–H and O–H groups in total. The van der Waals surface area contributed by atoms with Gasteiger partial charge in [-0.1, -0.05) is 94.5 Å². The Morgan fingerprint density at radius 3 is 1.50 bits per heavy atom. The van der Waals surface area contributed by atoms with Crippen LogP contribution in [0.5, 0.6) is 0 Å². The molecule has 0 saturated carbocycles. The van der Waals surface area contributed by atoms with Crippen LogP contribution in [-0.2, 0) is 0 Å². The number of hydrazine groups is 1. The summed E-state index contributed by atoms with van der Waals surface area (Å²) in [6.45, 7) is 27.4. The summed E-state index contributed by atoms with van der Waals surface area (Å²) in [4.78, 5) is 5.52. The highest BCUT2D eigenvalue weighted by Gasteiger charge is 2.49. The first-order valence-electron chi connectivity index (χ1n) is 10.2. The number of hydrogen-bond donors (Lipinski definition) is 0. The molecule has 0 amide bonds. The minimum absolute atomic E-state index is 0.178. The van der Waals surface area contributed by atoms with E-state index < -0.39 is 0 Å². The van der Waals surface area contributed by atoms with Crippen LogP contribution in [0.25, 0.3) is 0 Å². The van der Waals surface area contributed by atoms with Crippen molar-refractivity contribution in [2.45, 2.75) is 107 Å². The van der Waals surface area contributed by atoms with Crippen LogP contribution in [0.15, 0.2) is 11.3 Å². The van der Waals surface area contributed by atoms with Crippen LogP contribution < -0.4 is 0 Å². The molecule has 0 aromatic carbocycles. The molecule has 24 heavy (non-hydrogen) atoms. The Balaban J connectivity index is 3.61. The summed E-state index contributed by atoms with van der Waals surface area (Å²) >= 11 is 0.